The third-order valence-electron chi connectivity index (χ3n) is 2.61. The van der Waals surface area contributed by atoms with Crippen molar-refractivity contribution in [1.29, 1.82) is 5.41 Å². The van der Waals surface area contributed by atoms with E-state index in [-0.39, 0.29) is 12.1 Å². The highest BCUT2D eigenvalue weighted by molar-refractivity contribution is 6.57. The highest BCUT2D eigenvalue weighted by Crippen LogP contribution is 1.97. The smallest absolute Gasteiger partial charge is 0.259 e. The molecule has 0 aliphatic carbocycles. The average Bonchev–Trinajstić information content (AvgIpc) is 2.52. The van der Waals surface area contributed by atoms with Gasteiger partial charge in [-0.15, -0.1) is 0 Å². The van der Waals surface area contributed by atoms with Gasteiger partial charge in [-0.25, -0.2) is 0 Å². The van der Waals surface area contributed by atoms with E-state index >= 15 is 0 Å². The highest BCUT2D eigenvalue weighted by Gasteiger charge is 2.12. The molecule has 0 saturated carbocycles. The molecule has 0 saturated heterocycles. The van der Waals surface area contributed by atoms with E-state index in [1.807, 2.05) is 13.8 Å². The van der Waals surface area contributed by atoms with Crippen LogP contribution >= 0.6 is 0 Å². The number of aldehydes is 1. The molecule has 0 unspecified atom stereocenters. The molecule has 0 aromatic carbocycles. The third-order valence-corrected chi connectivity index (χ3v) is 2.61. The molecule has 0 aromatic heterocycles. The SMILES string of the molecule is CC.CCC.CCCN(C)CCCCN(C)C(=N)C(=O)C=O. The number of rotatable bonds is 9. The molecule has 132 valence electrons. The lowest BCUT2D eigenvalue weighted by atomic mass is 10.2. The summed E-state index contributed by atoms with van der Waals surface area (Å²) in [5, 5.41) is 7.42. The summed E-state index contributed by atoms with van der Waals surface area (Å²) in [5.41, 5.74) is 0. The molecule has 0 spiro atoms. The molecule has 0 bridgehead atoms. The molecule has 0 aromatic rings. The van der Waals surface area contributed by atoms with Crippen LogP contribution in [-0.2, 0) is 9.59 Å². The maximum atomic E-state index is 10.9. The molecular weight excluding hydrogens is 278 g/mol. The second kappa shape index (κ2) is 19.8. The van der Waals surface area contributed by atoms with Crippen molar-refractivity contribution in [3.8, 4) is 0 Å². The van der Waals surface area contributed by atoms with Gasteiger partial charge in [0, 0.05) is 13.6 Å². The van der Waals surface area contributed by atoms with Gasteiger partial charge >= 0.3 is 0 Å². The summed E-state index contributed by atoms with van der Waals surface area (Å²) in [5.74, 6) is -0.975. The van der Waals surface area contributed by atoms with Gasteiger partial charge in [0.1, 0.15) is 0 Å². The van der Waals surface area contributed by atoms with Crippen molar-refractivity contribution >= 4 is 17.9 Å². The standard InChI is InChI=1S/C12H23N3O2.C3H8.C2H6/c1-4-7-14(2)8-5-6-9-15(3)12(13)11(17)10-16;1-3-2;1-2/h10,13H,4-9H2,1-3H3;3H2,1-2H3;1-2H3. The topological polar surface area (TPSA) is 64.5 Å². The summed E-state index contributed by atoms with van der Waals surface area (Å²) < 4.78 is 0. The van der Waals surface area contributed by atoms with Crippen molar-refractivity contribution in [3.63, 3.8) is 0 Å². The fourth-order valence-corrected chi connectivity index (χ4v) is 1.58. The van der Waals surface area contributed by atoms with Gasteiger partial charge < -0.3 is 9.80 Å². The maximum Gasteiger partial charge on any atom is 0.259 e. The Morgan fingerprint density at radius 3 is 1.86 bits per heavy atom. The molecule has 0 heterocycles. The minimum atomic E-state index is -0.754. The second-order valence-corrected chi connectivity index (χ2v) is 4.97. The van der Waals surface area contributed by atoms with Crippen molar-refractivity contribution in [2.45, 2.75) is 60.3 Å². The average molecular weight is 316 g/mol. The molecule has 0 aliphatic rings. The van der Waals surface area contributed by atoms with Gasteiger partial charge in [-0.1, -0.05) is 41.0 Å². The van der Waals surface area contributed by atoms with Crippen LogP contribution in [0.4, 0.5) is 0 Å². The summed E-state index contributed by atoms with van der Waals surface area (Å²) in [6.45, 7) is 13.2. The third kappa shape index (κ3) is 16.8. The first-order valence-electron chi connectivity index (χ1n) is 8.42. The molecule has 0 aliphatic heterocycles. The van der Waals surface area contributed by atoms with E-state index in [9.17, 15) is 9.59 Å². The largest absolute Gasteiger partial charge is 0.357 e. The van der Waals surface area contributed by atoms with E-state index in [4.69, 9.17) is 5.41 Å². The van der Waals surface area contributed by atoms with Crippen LogP contribution in [0.2, 0.25) is 0 Å². The molecule has 22 heavy (non-hydrogen) atoms. The monoisotopic (exact) mass is 315 g/mol. The van der Waals surface area contributed by atoms with Gasteiger partial charge in [0.25, 0.3) is 5.78 Å². The lowest BCUT2D eigenvalue weighted by molar-refractivity contribution is -0.126. The highest BCUT2D eigenvalue weighted by atomic mass is 16.2. The summed E-state index contributed by atoms with van der Waals surface area (Å²) >= 11 is 0. The fraction of sp³-hybridized carbons (Fsp3) is 0.824. The number of unbranched alkanes of at least 4 members (excludes halogenated alkanes) is 1. The van der Waals surface area contributed by atoms with E-state index < -0.39 is 5.78 Å². The molecule has 5 nitrogen and oxygen atoms in total. The van der Waals surface area contributed by atoms with Crippen LogP contribution in [-0.4, -0.2) is 61.4 Å². The fourth-order valence-electron chi connectivity index (χ4n) is 1.58. The summed E-state index contributed by atoms with van der Waals surface area (Å²) in [7, 11) is 3.75. The lowest BCUT2D eigenvalue weighted by Crippen LogP contribution is -2.34. The van der Waals surface area contributed by atoms with E-state index in [0.717, 1.165) is 32.4 Å². The van der Waals surface area contributed by atoms with Crippen LogP contribution < -0.4 is 0 Å². The van der Waals surface area contributed by atoms with Gasteiger partial charge in [-0.3, -0.25) is 15.0 Å². The number of hydrogen-bond donors (Lipinski definition) is 1. The molecule has 0 rings (SSSR count). The van der Waals surface area contributed by atoms with E-state index in [1.165, 1.54) is 11.3 Å². The van der Waals surface area contributed by atoms with Gasteiger partial charge in [-0.2, -0.15) is 0 Å². The number of hydrogen-bond acceptors (Lipinski definition) is 4. The first-order chi connectivity index (χ1) is 10.4. The zero-order chi connectivity index (χ0) is 18.0. The Balaban J connectivity index is -0.000000637. The Morgan fingerprint density at radius 1 is 1.00 bits per heavy atom. The van der Waals surface area contributed by atoms with E-state index in [0.29, 0.717) is 6.54 Å². The number of ketones is 1. The maximum absolute atomic E-state index is 10.9. The minimum absolute atomic E-state index is 0.188. The Hall–Kier alpha value is -1.23. The molecule has 0 amide bonds. The van der Waals surface area contributed by atoms with Gasteiger partial charge in [0.2, 0.25) is 0 Å². The molecule has 5 heteroatoms. The normalized spacial score (nSPS) is 9.09. The van der Waals surface area contributed by atoms with Crippen LogP contribution in [0, 0.1) is 5.41 Å². The van der Waals surface area contributed by atoms with Crippen molar-refractivity contribution in [2.24, 2.45) is 0 Å². The van der Waals surface area contributed by atoms with E-state index in [1.54, 1.807) is 7.05 Å². The number of Topliss-reactive ketones (excluding diaryl/α,β-unsaturated/α-hetero) is 1. The number of likely N-dealkylation sites (N-methyl/N-ethyl adjacent to an activating group) is 1. The predicted octanol–water partition coefficient (Wildman–Crippen LogP) is 3.23. The van der Waals surface area contributed by atoms with Crippen molar-refractivity contribution in [2.75, 3.05) is 33.7 Å². The quantitative estimate of drug-likeness (QED) is 0.233. The van der Waals surface area contributed by atoms with Crippen LogP contribution in [0.15, 0.2) is 0 Å². The number of carbonyl (C=O) groups is 2. The van der Waals surface area contributed by atoms with Crippen molar-refractivity contribution < 1.29 is 9.59 Å². The first-order valence-corrected chi connectivity index (χ1v) is 8.42. The molecule has 0 radical (unpaired) electrons. The predicted molar refractivity (Wildman–Crippen MR) is 95.8 cm³/mol. The number of nitrogens with one attached hydrogen (secondary N) is 1. The molecular formula is C17H37N3O2. The van der Waals surface area contributed by atoms with Gasteiger partial charge in [-0.05, 0) is 39.4 Å². The first kappa shape index (κ1) is 25.7. The van der Waals surface area contributed by atoms with Gasteiger partial charge in [0.05, 0.1) is 0 Å². The molecule has 1 N–H and O–H groups in total. The van der Waals surface area contributed by atoms with E-state index in [2.05, 4.69) is 32.7 Å². The van der Waals surface area contributed by atoms with Crippen LogP contribution in [0.25, 0.3) is 0 Å². The zero-order valence-electron chi connectivity index (χ0n) is 15.7. The van der Waals surface area contributed by atoms with Gasteiger partial charge in [0.15, 0.2) is 12.1 Å². The Bertz CT molecular complexity index is 281. The second-order valence-electron chi connectivity index (χ2n) is 4.97. The van der Waals surface area contributed by atoms with Crippen LogP contribution in [0.3, 0.4) is 0 Å². The number of amidine groups is 1. The number of nitrogens with zero attached hydrogens (tertiary/aromatic N) is 2. The summed E-state index contributed by atoms with van der Waals surface area (Å²) in [6, 6.07) is 0. The van der Waals surface area contributed by atoms with Crippen molar-refractivity contribution in [3.05, 3.63) is 0 Å². The van der Waals surface area contributed by atoms with Crippen molar-refractivity contribution in [1.82, 2.24) is 9.80 Å². The van der Waals surface area contributed by atoms with Crippen LogP contribution in [0.5, 0.6) is 0 Å². The minimum Gasteiger partial charge on any atom is -0.357 e. The molecule has 0 fully saturated rings. The number of carbonyl (C=O) groups excluding carboxylic acids is 2. The zero-order valence-corrected chi connectivity index (χ0v) is 15.7. The Labute approximate surface area is 137 Å². The lowest BCUT2D eigenvalue weighted by Gasteiger charge is -2.19. The Kier molecular flexibility index (Phi) is 23.1. The molecule has 0 atom stereocenters. The summed E-state index contributed by atoms with van der Waals surface area (Å²) in [4.78, 5) is 24.9. The Morgan fingerprint density at radius 2 is 1.45 bits per heavy atom. The van der Waals surface area contributed by atoms with Crippen LogP contribution in [0.1, 0.15) is 60.3 Å². The summed E-state index contributed by atoms with van der Waals surface area (Å²) in [6.07, 6.45) is 4.53.